The summed E-state index contributed by atoms with van der Waals surface area (Å²) in [6.07, 6.45) is 4.63. The van der Waals surface area contributed by atoms with Crippen LogP contribution >= 0.6 is 11.6 Å². The Bertz CT molecular complexity index is 583. The van der Waals surface area contributed by atoms with Crippen LogP contribution in [-0.2, 0) is 5.41 Å². The highest BCUT2D eigenvalue weighted by atomic mass is 35.5. The van der Waals surface area contributed by atoms with Gasteiger partial charge >= 0.3 is 0 Å². The summed E-state index contributed by atoms with van der Waals surface area (Å²) >= 11 is 5.81. The van der Waals surface area contributed by atoms with Gasteiger partial charge < -0.3 is 10.3 Å². The summed E-state index contributed by atoms with van der Waals surface area (Å²) in [7, 11) is 0. The first-order chi connectivity index (χ1) is 9.09. The van der Waals surface area contributed by atoms with Gasteiger partial charge in [0.1, 0.15) is 5.69 Å². The topological polar surface area (TPSA) is 77.8 Å². The molecule has 0 aliphatic heterocycles. The standard InChI is InChI=1S/C13H15ClN4O/c1-13(6-2-3-10(13)15)12-17-11(18-19-12)9-5-4-8(14)7-16-9/h4-5,7,10H,2-3,6,15H2,1H3. The van der Waals surface area contributed by atoms with Crippen molar-refractivity contribution in [1.82, 2.24) is 15.1 Å². The molecule has 100 valence electrons. The minimum Gasteiger partial charge on any atom is -0.338 e. The van der Waals surface area contributed by atoms with E-state index in [1.807, 2.05) is 0 Å². The Morgan fingerprint density at radius 1 is 1.47 bits per heavy atom. The van der Waals surface area contributed by atoms with Crippen LogP contribution in [0.2, 0.25) is 5.02 Å². The quantitative estimate of drug-likeness (QED) is 0.913. The van der Waals surface area contributed by atoms with Gasteiger partial charge in [0.25, 0.3) is 0 Å². The Hall–Kier alpha value is -1.46. The highest BCUT2D eigenvalue weighted by Crippen LogP contribution is 2.39. The van der Waals surface area contributed by atoms with E-state index in [0.717, 1.165) is 19.3 Å². The van der Waals surface area contributed by atoms with E-state index in [0.29, 0.717) is 22.4 Å². The zero-order valence-electron chi connectivity index (χ0n) is 10.6. The molecule has 2 aromatic heterocycles. The van der Waals surface area contributed by atoms with Crippen molar-refractivity contribution in [2.45, 2.75) is 37.6 Å². The minimum absolute atomic E-state index is 0.0685. The van der Waals surface area contributed by atoms with E-state index in [-0.39, 0.29) is 11.5 Å². The molecule has 5 nitrogen and oxygen atoms in total. The van der Waals surface area contributed by atoms with Gasteiger partial charge in [0.15, 0.2) is 0 Å². The molecular weight excluding hydrogens is 264 g/mol. The van der Waals surface area contributed by atoms with Crippen molar-refractivity contribution in [1.29, 1.82) is 0 Å². The second kappa shape index (κ2) is 4.58. The fourth-order valence-electron chi connectivity index (χ4n) is 2.53. The first-order valence-corrected chi connectivity index (χ1v) is 6.69. The SMILES string of the molecule is CC1(c2nc(-c3ccc(Cl)cn3)no2)CCCC1N. The number of rotatable bonds is 2. The maximum atomic E-state index is 6.15. The van der Waals surface area contributed by atoms with E-state index in [4.69, 9.17) is 21.9 Å². The molecule has 2 atom stereocenters. The van der Waals surface area contributed by atoms with Crippen LogP contribution in [0.3, 0.4) is 0 Å². The number of aromatic nitrogens is 3. The van der Waals surface area contributed by atoms with Gasteiger partial charge in [0, 0.05) is 12.2 Å². The summed E-state index contributed by atoms with van der Waals surface area (Å²) in [6, 6.07) is 3.59. The van der Waals surface area contributed by atoms with Crippen molar-refractivity contribution >= 4 is 11.6 Å². The van der Waals surface area contributed by atoms with Crippen molar-refractivity contribution in [3.63, 3.8) is 0 Å². The monoisotopic (exact) mass is 278 g/mol. The third kappa shape index (κ3) is 2.13. The molecule has 6 heteroatoms. The molecule has 0 amide bonds. The van der Waals surface area contributed by atoms with Crippen molar-refractivity contribution in [2.24, 2.45) is 5.73 Å². The summed E-state index contributed by atoms with van der Waals surface area (Å²) < 4.78 is 5.39. The molecule has 2 unspecified atom stereocenters. The zero-order chi connectivity index (χ0) is 13.5. The lowest BCUT2D eigenvalue weighted by Gasteiger charge is -2.23. The molecule has 1 saturated carbocycles. The lowest BCUT2D eigenvalue weighted by atomic mass is 9.85. The summed E-state index contributed by atoms with van der Waals surface area (Å²) in [5.74, 6) is 1.08. The summed E-state index contributed by atoms with van der Waals surface area (Å²) in [4.78, 5) is 8.63. The first-order valence-electron chi connectivity index (χ1n) is 6.31. The van der Waals surface area contributed by atoms with Crippen molar-refractivity contribution in [2.75, 3.05) is 0 Å². The van der Waals surface area contributed by atoms with E-state index in [1.165, 1.54) is 0 Å². The molecule has 3 rings (SSSR count). The van der Waals surface area contributed by atoms with Gasteiger partial charge in [-0.3, -0.25) is 4.98 Å². The van der Waals surface area contributed by atoms with Crippen molar-refractivity contribution in [3.8, 4) is 11.5 Å². The third-order valence-electron chi connectivity index (χ3n) is 3.90. The Morgan fingerprint density at radius 2 is 2.32 bits per heavy atom. The van der Waals surface area contributed by atoms with E-state index in [2.05, 4.69) is 22.0 Å². The Balaban J connectivity index is 1.93. The van der Waals surface area contributed by atoms with Crippen LogP contribution < -0.4 is 5.73 Å². The fourth-order valence-corrected chi connectivity index (χ4v) is 2.64. The van der Waals surface area contributed by atoms with Gasteiger partial charge in [-0.05, 0) is 31.9 Å². The van der Waals surface area contributed by atoms with Crippen LogP contribution in [0, 0.1) is 0 Å². The largest absolute Gasteiger partial charge is 0.338 e. The molecule has 0 radical (unpaired) electrons. The lowest BCUT2D eigenvalue weighted by molar-refractivity contribution is 0.278. The number of nitrogens with zero attached hydrogens (tertiary/aromatic N) is 3. The van der Waals surface area contributed by atoms with Crippen molar-refractivity contribution < 1.29 is 4.52 Å². The Kier molecular flexibility index (Phi) is 3.03. The molecule has 1 fully saturated rings. The number of hydrogen-bond donors (Lipinski definition) is 1. The van der Waals surface area contributed by atoms with Gasteiger partial charge in [-0.2, -0.15) is 4.98 Å². The average Bonchev–Trinajstić information content (AvgIpc) is 3.00. The van der Waals surface area contributed by atoms with Crippen LogP contribution in [0.5, 0.6) is 0 Å². The number of halogens is 1. The maximum Gasteiger partial charge on any atom is 0.234 e. The van der Waals surface area contributed by atoms with E-state index in [1.54, 1.807) is 18.3 Å². The molecule has 0 bridgehead atoms. The van der Waals surface area contributed by atoms with E-state index < -0.39 is 0 Å². The van der Waals surface area contributed by atoms with Crippen LogP contribution in [-0.4, -0.2) is 21.2 Å². The van der Waals surface area contributed by atoms with Gasteiger partial charge in [-0.1, -0.05) is 23.2 Å². The maximum absolute atomic E-state index is 6.15. The van der Waals surface area contributed by atoms with Crippen LogP contribution in [0.25, 0.3) is 11.5 Å². The van der Waals surface area contributed by atoms with Gasteiger partial charge in [0.05, 0.1) is 10.4 Å². The average molecular weight is 279 g/mol. The third-order valence-corrected chi connectivity index (χ3v) is 4.12. The molecule has 0 spiro atoms. The highest BCUT2D eigenvalue weighted by Gasteiger charge is 2.42. The van der Waals surface area contributed by atoms with Gasteiger partial charge in [-0.25, -0.2) is 0 Å². The Labute approximate surface area is 116 Å². The molecule has 2 aromatic rings. The summed E-state index contributed by atoms with van der Waals surface area (Å²) in [6.45, 7) is 2.08. The van der Waals surface area contributed by atoms with Crippen LogP contribution in [0.1, 0.15) is 32.1 Å². The smallest absolute Gasteiger partial charge is 0.234 e. The van der Waals surface area contributed by atoms with E-state index >= 15 is 0 Å². The van der Waals surface area contributed by atoms with E-state index in [9.17, 15) is 0 Å². The molecular formula is C13H15ClN4O. The number of pyridine rings is 1. The normalized spacial score (nSPS) is 26.8. The van der Waals surface area contributed by atoms with Crippen LogP contribution in [0.15, 0.2) is 22.9 Å². The molecule has 2 heterocycles. The second-order valence-corrected chi connectivity index (χ2v) is 5.64. The van der Waals surface area contributed by atoms with Crippen LogP contribution in [0.4, 0.5) is 0 Å². The lowest BCUT2D eigenvalue weighted by Crippen LogP contribution is -2.38. The highest BCUT2D eigenvalue weighted by molar-refractivity contribution is 6.30. The molecule has 1 aliphatic carbocycles. The summed E-state index contributed by atoms with van der Waals surface area (Å²) in [5, 5.41) is 4.57. The van der Waals surface area contributed by atoms with Crippen molar-refractivity contribution in [3.05, 3.63) is 29.2 Å². The predicted octanol–water partition coefficient (Wildman–Crippen LogP) is 2.55. The molecule has 0 saturated heterocycles. The first kappa shape index (κ1) is 12.6. The fraction of sp³-hybridized carbons (Fsp3) is 0.462. The molecule has 2 N–H and O–H groups in total. The number of hydrogen-bond acceptors (Lipinski definition) is 5. The summed E-state index contributed by atoms with van der Waals surface area (Å²) in [5.41, 5.74) is 6.58. The Morgan fingerprint density at radius 3 is 2.95 bits per heavy atom. The van der Waals surface area contributed by atoms with Gasteiger partial charge in [-0.15, -0.1) is 0 Å². The molecule has 0 aromatic carbocycles. The minimum atomic E-state index is -0.225. The zero-order valence-corrected chi connectivity index (χ0v) is 11.4. The predicted molar refractivity (Wildman–Crippen MR) is 71.7 cm³/mol. The molecule has 1 aliphatic rings. The van der Waals surface area contributed by atoms with Gasteiger partial charge in [0.2, 0.25) is 11.7 Å². The number of nitrogens with two attached hydrogens (primary N) is 1. The second-order valence-electron chi connectivity index (χ2n) is 5.20. The molecule has 19 heavy (non-hydrogen) atoms.